The Morgan fingerprint density at radius 3 is 2.41 bits per heavy atom. The van der Waals surface area contributed by atoms with Crippen molar-refractivity contribution in [2.45, 2.75) is 70.8 Å². The lowest BCUT2D eigenvalue weighted by Crippen LogP contribution is -2.56. The van der Waals surface area contributed by atoms with Crippen LogP contribution >= 0.6 is 0 Å². The number of hydrazine groups is 1. The largest absolute Gasteiger partial charge is 0.483 e. The third kappa shape index (κ3) is 12.3. The molecule has 1 unspecified atom stereocenters. The zero-order valence-electron chi connectivity index (χ0n) is 19.8. The molecule has 0 saturated carbocycles. The third-order valence-electron chi connectivity index (χ3n) is 4.11. The van der Waals surface area contributed by atoms with Crippen LogP contribution in [0, 0.1) is 10.8 Å². The number of esters is 1. The topological polar surface area (TPSA) is 173 Å². The Bertz CT molecular complexity index is 647. The minimum atomic E-state index is -2.94. The maximum absolute atomic E-state index is 12.3. The zero-order valence-corrected chi connectivity index (χ0v) is 16.8. The summed E-state index contributed by atoms with van der Waals surface area (Å²) < 4.78 is 28.1. The van der Waals surface area contributed by atoms with Crippen molar-refractivity contribution in [3.8, 4) is 0 Å². The van der Waals surface area contributed by atoms with Gasteiger partial charge < -0.3 is 15.6 Å². The summed E-state index contributed by atoms with van der Waals surface area (Å²) in [6.45, 7) is -2.12. The Balaban J connectivity index is 0.00000302. The van der Waals surface area contributed by atoms with Crippen molar-refractivity contribution in [3.63, 3.8) is 0 Å². The number of nitrogens with one attached hydrogen (secondary N) is 3. The lowest BCUT2D eigenvalue weighted by Gasteiger charge is -2.33. The van der Waals surface area contributed by atoms with Crippen LogP contribution in [0.5, 0.6) is 0 Å². The van der Waals surface area contributed by atoms with E-state index in [1.807, 2.05) is 0 Å². The van der Waals surface area contributed by atoms with Gasteiger partial charge in [0.25, 0.3) is 6.47 Å². The summed E-state index contributed by atoms with van der Waals surface area (Å²) in [4.78, 5) is 32.8. The van der Waals surface area contributed by atoms with Crippen molar-refractivity contribution >= 4 is 30.3 Å². The normalized spacial score (nSPS) is 22.2. The summed E-state index contributed by atoms with van der Waals surface area (Å²) in [6, 6.07) is 0. The predicted molar refractivity (Wildman–Crippen MR) is 108 cm³/mol. The van der Waals surface area contributed by atoms with E-state index >= 15 is 0 Å². The van der Waals surface area contributed by atoms with E-state index in [0.717, 1.165) is 38.5 Å². The number of nitrogens with two attached hydrogens (primary N) is 1. The van der Waals surface area contributed by atoms with E-state index < -0.39 is 37.3 Å². The Hall–Kier alpha value is -2.85. The molecule has 6 N–H and O–H groups in total. The molecule has 1 fully saturated rings. The maximum atomic E-state index is 12.3. The predicted octanol–water partition coefficient (Wildman–Crippen LogP) is 1.24. The second-order valence-corrected chi connectivity index (χ2v) is 6.57. The molecule has 0 aromatic carbocycles. The number of amides is 1. The quantitative estimate of drug-likeness (QED) is 0.183. The molecular formula is C18H34N6O5. The van der Waals surface area contributed by atoms with Crippen LogP contribution in [0.15, 0.2) is 0 Å². The second kappa shape index (κ2) is 15.1. The van der Waals surface area contributed by atoms with Crippen LogP contribution in [0.1, 0.15) is 68.8 Å². The number of carbonyl (C=O) groups is 3. The number of cyclic esters (lactones) is 1. The first-order chi connectivity index (χ1) is 14.9. The van der Waals surface area contributed by atoms with Gasteiger partial charge in [-0.1, -0.05) is 32.1 Å². The number of hydrogen-bond donors (Lipinski definition) is 5. The summed E-state index contributed by atoms with van der Waals surface area (Å²) in [5, 5.41) is 25.8. The molecule has 11 heteroatoms. The Morgan fingerprint density at radius 1 is 1.31 bits per heavy atom. The maximum Gasteiger partial charge on any atom is 0.328 e. The third-order valence-corrected chi connectivity index (χ3v) is 4.11. The molecule has 1 aliphatic rings. The number of ether oxygens (including phenoxy) is 1. The molecule has 11 nitrogen and oxygen atoms in total. The molecule has 0 spiro atoms. The molecule has 1 aliphatic heterocycles. The lowest BCUT2D eigenvalue weighted by atomic mass is 10.1. The molecule has 1 heterocycles. The number of carboxylic acid groups (broad SMARTS) is 1. The first-order valence-electron chi connectivity index (χ1n) is 11.0. The van der Waals surface area contributed by atoms with Gasteiger partial charge in [-0.25, -0.2) is 5.01 Å². The molecule has 166 valence electrons. The van der Waals surface area contributed by atoms with E-state index in [1.54, 1.807) is 6.92 Å². The van der Waals surface area contributed by atoms with Gasteiger partial charge in [0.15, 0.2) is 0 Å². The van der Waals surface area contributed by atoms with Crippen LogP contribution in [0.4, 0.5) is 0 Å². The van der Waals surface area contributed by atoms with Gasteiger partial charge in [0.2, 0.25) is 17.8 Å². The van der Waals surface area contributed by atoms with Gasteiger partial charge in [-0.15, -0.1) is 0 Å². The highest BCUT2D eigenvalue weighted by Gasteiger charge is 2.23. The van der Waals surface area contributed by atoms with Gasteiger partial charge in [0, 0.05) is 17.5 Å². The van der Waals surface area contributed by atoms with Crippen LogP contribution in [0.3, 0.4) is 0 Å². The number of rotatable bonds is 1. The van der Waals surface area contributed by atoms with Crippen LogP contribution in [-0.4, -0.2) is 65.0 Å². The van der Waals surface area contributed by atoms with Gasteiger partial charge >= 0.3 is 5.97 Å². The van der Waals surface area contributed by atoms with E-state index in [1.165, 1.54) is 0 Å². The van der Waals surface area contributed by atoms with E-state index in [0.29, 0.717) is 22.9 Å². The smallest absolute Gasteiger partial charge is 0.328 e. The summed E-state index contributed by atoms with van der Waals surface area (Å²) in [5.74, 6) is -2.80. The van der Waals surface area contributed by atoms with Crippen molar-refractivity contribution in [1.29, 1.82) is 10.8 Å². The van der Waals surface area contributed by atoms with Gasteiger partial charge in [0.05, 0.1) is 6.10 Å². The van der Waals surface area contributed by atoms with E-state index in [-0.39, 0.29) is 19.0 Å². The fraction of sp³-hybridized carbons (Fsp3) is 0.722. The first-order valence-corrected chi connectivity index (χ1v) is 9.51. The summed E-state index contributed by atoms with van der Waals surface area (Å²) in [5.41, 5.74) is 5.39. The molecule has 0 aliphatic carbocycles. The molecule has 1 atom stereocenters. The van der Waals surface area contributed by atoms with E-state index in [4.69, 9.17) is 35.3 Å². The van der Waals surface area contributed by atoms with Crippen molar-refractivity contribution in [3.05, 3.63) is 0 Å². The first kappa shape index (κ1) is 20.9. The fourth-order valence-corrected chi connectivity index (χ4v) is 2.68. The molecule has 1 amide bonds. The van der Waals surface area contributed by atoms with Gasteiger partial charge in [-0.05, 0) is 26.2 Å². The summed E-state index contributed by atoms with van der Waals surface area (Å²) in [6.07, 6.45) is 7.11. The van der Waals surface area contributed by atoms with E-state index in [9.17, 15) is 9.59 Å². The Morgan fingerprint density at radius 2 is 1.86 bits per heavy atom. The lowest BCUT2D eigenvalue weighted by molar-refractivity contribution is -0.151. The van der Waals surface area contributed by atoms with Crippen LogP contribution in [-0.2, 0) is 19.1 Å². The number of hydrogen-bond acceptors (Lipinski definition) is 6. The minimum absolute atomic E-state index is 0.172. The fourth-order valence-electron chi connectivity index (χ4n) is 2.68. The molecule has 0 bridgehead atoms. The van der Waals surface area contributed by atoms with Crippen LogP contribution < -0.4 is 11.1 Å². The zero-order chi connectivity index (χ0) is 24.7. The summed E-state index contributed by atoms with van der Waals surface area (Å²) >= 11 is 0. The average molecular weight is 418 g/mol. The SMILES string of the molecule is O=CO.[2H]C([2H])([2H])N(C(=N)N)N1CC(=O)OC(C)CCCCCCCCCC(=O)NC1=N. The highest BCUT2D eigenvalue weighted by atomic mass is 16.5. The highest BCUT2D eigenvalue weighted by molar-refractivity contribution is 5.97. The molecule has 29 heavy (non-hydrogen) atoms. The van der Waals surface area contributed by atoms with Crippen molar-refractivity contribution < 1.29 is 28.3 Å². The Kier molecular flexibility index (Phi) is 10.9. The average Bonchev–Trinajstić information content (AvgIpc) is 2.64. The Labute approximate surface area is 175 Å². The second-order valence-electron chi connectivity index (χ2n) is 6.57. The number of carbonyl (C=O) groups excluding carboxylic acids is 2. The van der Waals surface area contributed by atoms with Gasteiger partial charge in [0.1, 0.15) is 6.54 Å². The molecule has 1 saturated heterocycles. The summed E-state index contributed by atoms with van der Waals surface area (Å²) in [7, 11) is 0. The van der Waals surface area contributed by atoms with Crippen molar-refractivity contribution in [1.82, 2.24) is 15.3 Å². The van der Waals surface area contributed by atoms with Crippen molar-refractivity contribution in [2.75, 3.05) is 13.5 Å². The minimum Gasteiger partial charge on any atom is -0.483 e. The number of guanidine groups is 2. The van der Waals surface area contributed by atoms with Crippen LogP contribution in [0.25, 0.3) is 0 Å². The van der Waals surface area contributed by atoms with Crippen LogP contribution in [0.2, 0.25) is 0 Å². The highest BCUT2D eigenvalue weighted by Crippen LogP contribution is 2.12. The van der Waals surface area contributed by atoms with Gasteiger partial charge in [-0.2, -0.15) is 0 Å². The standard InChI is InChI=1S/C17H32N6O3.CH2O2/c1-13-10-8-6-4-3-5-7-9-11-14(24)21-17(20)23(12-15(25)26-13)22(2)16(18)19;2-1-3/h13H,3-12H2,1-2H3,(H3,18,19)(H2,20,21,24);1H,(H,2,3)/i2D3;. The van der Waals surface area contributed by atoms with Gasteiger partial charge in [-0.3, -0.25) is 35.5 Å². The number of nitrogens with zero attached hydrogens (tertiary/aromatic N) is 2. The molecule has 0 aromatic rings. The molecule has 1 rings (SSSR count). The molecule has 0 aromatic heterocycles. The monoisotopic (exact) mass is 417 g/mol. The van der Waals surface area contributed by atoms with Crippen molar-refractivity contribution in [2.24, 2.45) is 5.73 Å². The molecule has 0 radical (unpaired) electrons. The molecular weight excluding hydrogens is 380 g/mol. The van der Waals surface area contributed by atoms with E-state index in [2.05, 4.69) is 5.32 Å².